The van der Waals surface area contributed by atoms with Gasteiger partial charge >= 0.3 is 0 Å². The first-order chi connectivity index (χ1) is 6.51. The molecule has 3 N–H and O–H groups in total. The molecule has 0 radical (unpaired) electrons. The summed E-state index contributed by atoms with van der Waals surface area (Å²) in [6, 6.07) is 0.256. The van der Waals surface area contributed by atoms with Gasteiger partial charge in [0.2, 0.25) is 5.91 Å². The fourth-order valence-corrected chi connectivity index (χ4v) is 1.32. The Morgan fingerprint density at radius 2 is 1.87 bits per heavy atom. The molecular weight excluding hydrogens is 212 g/mol. The lowest BCUT2D eigenvalue weighted by Gasteiger charge is -2.19. The van der Waals surface area contributed by atoms with Crippen molar-refractivity contribution in [2.24, 2.45) is 17.6 Å². The second kappa shape index (κ2) is 8.98. The van der Waals surface area contributed by atoms with Gasteiger partial charge in [-0.05, 0) is 19.3 Å². The maximum atomic E-state index is 11.5. The average molecular weight is 237 g/mol. The Morgan fingerprint density at radius 3 is 2.27 bits per heavy atom. The third-order valence-corrected chi connectivity index (χ3v) is 2.64. The Labute approximate surface area is 99.6 Å². The number of halogens is 1. The molecule has 3 atom stereocenters. The topological polar surface area (TPSA) is 55.1 Å². The quantitative estimate of drug-likeness (QED) is 0.741. The maximum absolute atomic E-state index is 11.5. The number of hydrogen-bond donors (Lipinski definition) is 2. The fraction of sp³-hybridized carbons (Fsp3) is 0.909. The van der Waals surface area contributed by atoms with E-state index in [1.807, 2.05) is 13.8 Å². The lowest BCUT2D eigenvalue weighted by Crippen LogP contribution is -2.39. The molecule has 0 heterocycles. The summed E-state index contributed by atoms with van der Waals surface area (Å²) in [6.07, 6.45) is 2.20. The van der Waals surface area contributed by atoms with Gasteiger partial charge in [0.15, 0.2) is 0 Å². The number of amides is 1. The molecule has 0 spiro atoms. The van der Waals surface area contributed by atoms with Crippen LogP contribution in [0.5, 0.6) is 0 Å². The maximum Gasteiger partial charge on any atom is 0.224 e. The van der Waals surface area contributed by atoms with Crippen LogP contribution in [0.2, 0.25) is 0 Å². The molecule has 4 heteroatoms. The summed E-state index contributed by atoms with van der Waals surface area (Å²) in [7, 11) is 0. The summed E-state index contributed by atoms with van der Waals surface area (Å²) in [6.45, 7) is 8.69. The van der Waals surface area contributed by atoms with Crippen molar-refractivity contribution >= 4 is 18.3 Å². The first kappa shape index (κ1) is 17.1. The summed E-state index contributed by atoms with van der Waals surface area (Å²) in [5, 5.41) is 2.98. The third-order valence-electron chi connectivity index (χ3n) is 2.64. The molecule has 0 aromatic carbocycles. The molecule has 15 heavy (non-hydrogen) atoms. The first-order valence-corrected chi connectivity index (χ1v) is 5.51. The van der Waals surface area contributed by atoms with Crippen molar-refractivity contribution in [3.8, 4) is 0 Å². The van der Waals surface area contributed by atoms with Gasteiger partial charge in [-0.25, -0.2) is 0 Å². The number of carbonyl (C=O) groups is 1. The molecule has 3 nitrogen and oxygen atoms in total. The van der Waals surface area contributed by atoms with Crippen LogP contribution in [0, 0.1) is 11.8 Å². The van der Waals surface area contributed by atoms with Gasteiger partial charge in [-0.1, -0.05) is 27.2 Å². The monoisotopic (exact) mass is 236 g/mol. The van der Waals surface area contributed by atoms with Crippen molar-refractivity contribution in [1.82, 2.24) is 5.32 Å². The smallest absolute Gasteiger partial charge is 0.224 e. The van der Waals surface area contributed by atoms with Crippen LogP contribution in [0.1, 0.15) is 40.5 Å². The molecule has 0 bridgehead atoms. The van der Waals surface area contributed by atoms with Crippen LogP contribution in [0.4, 0.5) is 0 Å². The number of carbonyl (C=O) groups excluding carboxylic acids is 1. The zero-order chi connectivity index (χ0) is 11.1. The van der Waals surface area contributed by atoms with Gasteiger partial charge in [0.25, 0.3) is 0 Å². The average Bonchev–Trinajstić information content (AvgIpc) is 2.15. The van der Waals surface area contributed by atoms with Gasteiger partial charge in [0.1, 0.15) is 0 Å². The molecule has 0 aliphatic carbocycles. The Bertz CT molecular complexity index is 176. The standard InChI is InChI=1S/C11H24N2O.ClH/c1-5-8(2)6-10(4)13-11(14)9(3)7-12;/h8-10H,5-7,12H2,1-4H3,(H,13,14);1H. The van der Waals surface area contributed by atoms with Crippen LogP contribution in [-0.4, -0.2) is 18.5 Å². The van der Waals surface area contributed by atoms with Crippen molar-refractivity contribution in [2.45, 2.75) is 46.6 Å². The molecule has 0 aromatic heterocycles. The van der Waals surface area contributed by atoms with Crippen LogP contribution in [0.25, 0.3) is 0 Å². The van der Waals surface area contributed by atoms with E-state index in [9.17, 15) is 4.79 Å². The van der Waals surface area contributed by atoms with Crippen molar-refractivity contribution in [1.29, 1.82) is 0 Å². The minimum absolute atomic E-state index is 0. The molecule has 92 valence electrons. The highest BCUT2D eigenvalue weighted by Gasteiger charge is 2.14. The zero-order valence-electron chi connectivity index (χ0n) is 10.2. The zero-order valence-corrected chi connectivity index (χ0v) is 11.1. The van der Waals surface area contributed by atoms with Gasteiger partial charge in [-0.15, -0.1) is 12.4 Å². The SMILES string of the molecule is CCC(C)CC(C)NC(=O)C(C)CN.Cl. The van der Waals surface area contributed by atoms with E-state index in [4.69, 9.17) is 5.73 Å². The Kier molecular flexibility index (Phi) is 10.3. The second-order valence-electron chi connectivity index (χ2n) is 4.30. The summed E-state index contributed by atoms with van der Waals surface area (Å²) >= 11 is 0. The number of hydrogen-bond acceptors (Lipinski definition) is 2. The molecule has 3 unspecified atom stereocenters. The van der Waals surface area contributed by atoms with Crippen molar-refractivity contribution in [3.05, 3.63) is 0 Å². The van der Waals surface area contributed by atoms with E-state index in [0.29, 0.717) is 12.5 Å². The van der Waals surface area contributed by atoms with Crippen molar-refractivity contribution < 1.29 is 4.79 Å². The Hall–Kier alpha value is -0.280. The van der Waals surface area contributed by atoms with E-state index in [1.54, 1.807) is 0 Å². The van der Waals surface area contributed by atoms with E-state index in [2.05, 4.69) is 19.2 Å². The summed E-state index contributed by atoms with van der Waals surface area (Å²) in [5.41, 5.74) is 5.42. The minimum atomic E-state index is -0.0746. The van der Waals surface area contributed by atoms with E-state index in [0.717, 1.165) is 12.8 Å². The molecule has 0 rings (SSSR count). The molecule has 0 saturated carbocycles. The lowest BCUT2D eigenvalue weighted by atomic mass is 10.00. The van der Waals surface area contributed by atoms with Gasteiger partial charge in [-0.2, -0.15) is 0 Å². The van der Waals surface area contributed by atoms with Gasteiger partial charge in [0, 0.05) is 18.5 Å². The molecule has 0 fully saturated rings. The van der Waals surface area contributed by atoms with Gasteiger partial charge in [0.05, 0.1) is 0 Å². The summed E-state index contributed by atoms with van der Waals surface area (Å²) < 4.78 is 0. The molecule has 0 aromatic rings. The van der Waals surface area contributed by atoms with Crippen LogP contribution < -0.4 is 11.1 Å². The Morgan fingerprint density at radius 1 is 1.33 bits per heavy atom. The van der Waals surface area contributed by atoms with Gasteiger partial charge in [-0.3, -0.25) is 4.79 Å². The fourth-order valence-electron chi connectivity index (χ4n) is 1.32. The molecule has 0 aliphatic heterocycles. The molecule has 0 saturated heterocycles. The van der Waals surface area contributed by atoms with Crippen LogP contribution >= 0.6 is 12.4 Å². The van der Waals surface area contributed by atoms with E-state index in [1.165, 1.54) is 0 Å². The lowest BCUT2D eigenvalue weighted by molar-refractivity contribution is -0.124. The highest BCUT2D eigenvalue weighted by molar-refractivity contribution is 5.85. The second-order valence-corrected chi connectivity index (χ2v) is 4.30. The van der Waals surface area contributed by atoms with Crippen LogP contribution in [-0.2, 0) is 4.79 Å². The summed E-state index contributed by atoms with van der Waals surface area (Å²) in [5.74, 6) is 0.663. The van der Waals surface area contributed by atoms with Crippen molar-refractivity contribution in [3.63, 3.8) is 0 Å². The highest BCUT2D eigenvalue weighted by Crippen LogP contribution is 2.09. The van der Waals surface area contributed by atoms with E-state index >= 15 is 0 Å². The Balaban J connectivity index is 0. The number of nitrogens with two attached hydrogens (primary N) is 1. The molecule has 1 amide bonds. The van der Waals surface area contributed by atoms with E-state index < -0.39 is 0 Å². The predicted octanol–water partition coefficient (Wildman–Crippen LogP) is 1.94. The number of rotatable bonds is 6. The molecular formula is C11H25ClN2O. The van der Waals surface area contributed by atoms with Crippen molar-refractivity contribution in [2.75, 3.05) is 6.54 Å². The van der Waals surface area contributed by atoms with Crippen LogP contribution in [0.15, 0.2) is 0 Å². The highest BCUT2D eigenvalue weighted by atomic mass is 35.5. The summed E-state index contributed by atoms with van der Waals surface area (Å²) in [4.78, 5) is 11.5. The molecule has 0 aliphatic rings. The largest absolute Gasteiger partial charge is 0.353 e. The van der Waals surface area contributed by atoms with Crippen LogP contribution in [0.3, 0.4) is 0 Å². The van der Waals surface area contributed by atoms with E-state index in [-0.39, 0.29) is 30.3 Å². The minimum Gasteiger partial charge on any atom is -0.353 e. The first-order valence-electron chi connectivity index (χ1n) is 5.51. The third kappa shape index (κ3) is 7.63. The number of nitrogens with one attached hydrogen (secondary N) is 1. The normalized spacial score (nSPS) is 16.1. The van der Waals surface area contributed by atoms with Gasteiger partial charge < -0.3 is 11.1 Å². The predicted molar refractivity (Wildman–Crippen MR) is 67.1 cm³/mol.